The number of para-hydroxylation sites is 1. The smallest absolute Gasteiger partial charge is 0.393 e. The van der Waals surface area contributed by atoms with Crippen molar-refractivity contribution in [3.05, 3.63) is 107 Å². The molecule has 0 radical (unpaired) electrons. The molecule has 0 saturated carbocycles. The lowest BCUT2D eigenvalue weighted by atomic mass is 9.89. The molecule has 0 fully saturated rings. The number of rotatable bonds is 7. The van der Waals surface area contributed by atoms with Crippen LogP contribution in [0.3, 0.4) is 0 Å². The van der Waals surface area contributed by atoms with Gasteiger partial charge in [0.15, 0.2) is 0 Å². The van der Waals surface area contributed by atoms with Crippen LogP contribution in [-0.2, 0) is 13.2 Å². The number of aromatic nitrogens is 2. The summed E-state index contributed by atoms with van der Waals surface area (Å²) in [5.74, 6) is -0.615. The topological polar surface area (TPSA) is 123 Å². The van der Waals surface area contributed by atoms with E-state index in [1.54, 1.807) is 37.4 Å². The average molecular weight is 538 g/mol. The van der Waals surface area contributed by atoms with Crippen LogP contribution in [0.5, 0.6) is 0 Å². The molecule has 5 N–H and O–H groups in total. The quantitative estimate of drug-likeness (QED) is 0.305. The van der Waals surface area contributed by atoms with Crippen molar-refractivity contribution in [2.24, 2.45) is 7.05 Å². The van der Waals surface area contributed by atoms with Crippen molar-refractivity contribution in [2.45, 2.75) is 18.7 Å². The normalized spacial score (nSPS) is 16.4. The third-order valence-electron chi connectivity index (χ3n) is 6.08. The molecule has 4 rings (SSSR count). The molecule has 0 saturated heterocycles. The molecule has 11 heteroatoms. The van der Waals surface area contributed by atoms with Crippen molar-refractivity contribution in [2.75, 3.05) is 11.9 Å². The van der Waals surface area contributed by atoms with E-state index in [-0.39, 0.29) is 33.9 Å². The summed E-state index contributed by atoms with van der Waals surface area (Å²) < 4.78 is 42.6. The standard InChI is InChI=1S/C28H26F3N5O3/c1-27(39,16-37)18-9-10-20(23(32)15-18)25(33-19-6-4-3-5-7-19)34-26(38)17-8-11-22(28(29,30)31)21(14-17)24-12-13-36(2)35-24/h3-15,32-33,37,39H,16H2,1-2H3,(H,34,38)/b25-20+,32-23?. The van der Waals surface area contributed by atoms with Crippen molar-refractivity contribution in [3.63, 3.8) is 0 Å². The number of anilines is 1. The Morgan fingerprint density at radius 2 is 1.82 bits per heavy atom. The first kappa shape index (κ1) is 27.6. The second kappa shape index (κ2) is 10.7. The summed E-state index contributed by atoms with van der Waals surface area (Å²) in [6.45, 7) is 0.841. The lowest BCUT2D eigenvalue weighted by Crippen LogP contribution is -2.33. The molecule has 1 aliphatic rings. The number of benzene rings is 2. The third-order valence-corrected chi connectivity index (χ3v) is 6.08. The van der Waals surface area contributed by atoms with E-state index in [4.69, 9.17) is 5.41 Å². The van der Waals surface area contributed by atoms with Crippen LogP contribution in [0, 0.1) is 5.41 Å². The molecule has 39 heavy (non-hydrogen) atoms. The largest absolute Gasteiger partial charge is 0.417 e. The zero-order valence-corrected chi connectivity index (χ0v) is 21.0. The second-order valence-corrected chi connectivity index (χ2v) is 9.15. The summed E-state index contributed by atoms with van der Waals surface area (Å²) in [5.41, 5.74) is -1.68. The number of nitrogens with zero attached hydrogens (tertiary/aromatic N) is 2. The molecule has 8 nitrogen and oxygen atoms in total. The van der Waals surface area contributed by atoms with Gasteiger partial charge in [-0.05, 0) is 61.0 Å². The van der Waals surface area contributed by atoms with Gasteiger partial charge in [-0.3, -0.25) is 9.48 Å². The Morgan fingerprint density at radius 3 is 2.41 bits per heavy atom. The van der Waals surface area contributed by atoms with Gasteiger partial charge in [-0.15, -0.1) is 0 Å². The van der Waals surface area contributed by atoms with Crippen molar-refractivity contribution in [3.8, 4) is 11.3 Å². The van der Waals surface area contributed by atoms with E-state index in [1.807, 2.05) is 0 Å². The van der Waals surface area contributed by atoms with E-state index in [2.05, 4.69) is 15.7 Å². The Labute approximate surface area is 222 Å². The maximum atomic E-state index is 13.7. The van der Waals surface area contributed by atoms with Crippen LogP contribution in [0.25, 0.3) is 11.3 Å². The summed E-state index contributed by atoms with van der Waals surface area (Å²) >= 11 is 0. The number of hydrogen-bond acceptors (Lipinski definition) is 6. The van der Waals surface area contributed by atoms with Crippen LogP contribution in [0.2, 0.25) is 0 Å². The van der Waals surface area contributed by atoms with Crippen LogP contribution >= 0.6 is 0 Å². The van der Waals surface area contributed by atoms with E-state index < -0.39 is 29.9 Å². The van der Waals surface area contributed by atoms with Gasteiger partial charge in [-0.1, -0.05) is 24.3 Å². The molecule has 0 aliphatic heterocycles. The van der Waals surface area contributed by atoms with E-state index in [0.717, 1.165) is 18.2 Å². The van der Waals surface area contributed by atoms with Gasteiger partial charge in [-0.2, -0.15) is 18.3 Å². The number of aliphatic hydroxyl groups is 2. The number of amides is 1. The first-order valence-electron chi connectivity index (χ1n) is 11.8. The molecule has 1 amide bonds. The maximum absolute atomic E-state index is 13.7. The number of carbonyl (C=O) groups is 1. The van der Waals surface area contributed by atoms with Gasteiger partial charge in [0, 0.05) is 35.6 Å². The number of alkyl halides is 3. The van der Waals surface area contributed by atoms with Crippen LogP contribution in [0.1, 0.15) is 22.8 Å². The number of allylic oxidation sites excluding steroid dienone is 3. The predicted molar refractivity (Wildman–Crippen MR) is 141 cm³/mol. The molecular weight excluding hydrogens is 511 g/mol. The Hall–Kier alpha value is -4.48. The van der Waals surface area contributed by atoms with Crippen LogP contribution in [-0.4, -0.2) is 43.8 Å². The molecular formula is C28H26F3N5O3. The molecule has 2 aromatic carbocycles. The van der Waals surface area contributed by atoms with Gasteiger partial charge in [0.2, 0.25) is 0 Å². The first-order valence-corrected chi connectivity index (χ1v) is 11.8. The Balaban J connectivity index is 1.73. The highest BCUT2D eigenvalue weighted by Crippen LogP contribution is 2.37. The van der Waals surface area contributed by atoms with E-state index in [9.17, 15) is 28.2 Å². The highest BCUT2D eigenvalue weighted by atomic mass is 19.4. The summed E-state index contributed by atoms with van der Waals surface area (Å²) in [4.78, 5) is 13.3. The minimum Gasteiger partial charge on any atom is -0.393 e. The summed E-state index contributed by atoms with van der Waals surface area (Å²) in [6, 6.07) is 13.3. The number of nitrogens with one attached hydrogen (secondary N) is 3. The summed E-state index contributed by atoms with van der Waals surface area (Å²) in [6.07, 6.45) is 1.22. The molecule has 202 valence electrons. The van der Waals surface area contributed by atoms with E-state index >= 15 is 0 Å². The maximum Gasteiger partial charge on any atom is 0.417 e. The highest BCUT2D eigenvalue weighted by Gasteiger charge is 2.35. The highest BCUT2D eigenvalue weighted by molar-refractivity contribution is 6.11. The lowest BCUT2D eigenvalue weighted by molar-refractivity contribution is -0.137. The Morgan fingerprint density at radius 1 is 1.10 bits per heavy atom. The molecule has 1 heterocycles. The van der Waals surface area contributed by atoms with Crippen molar-refractivity contribution in [1.29, 1.82) is 5.41 Å². The van der Waals surface area contributed by atoms with Gasteiger partial charge in [0.25, 0.3) is 5.91 Å². The van der Waals surface area contributed by atoms with Crippen LogP contribution < -0.4 is 10.6 Å². The molecule has 1 atom stereocenters. The molecule has 3 aromatic rings. The molecule has 1 aliphatic carbocycles. The Kier molecular flexibility index (Phi) is 7.57. The zero-order valence-electron chi connectivity index (χ0n) is 21.0. The van der Waals surface area contributed by atoms with Gasteiger partial charge in [-0.25, -0.2) is 0 Å². The van der Waals surface area contributed by atoms with Crippen LogP contribution in [0.15, 0.2) is 96.0 Å². The molecule has 0 spiro atoms. The summed E-state index contributed by atoms with van der Waals surface area (Å²) in [5, 5.41) is 38.2. The predicted octanol–water partition coefficient (Wildman–Crippen LogP) is 4.42. The van der Waals surface area contributed by atoms with E-state index in [1.165, 1.54) is 42.1 Å². The monoisotopic (exact) mass is 537 g/mol. The van der Waals surface area contributed by atoms with Gasteiger partial charge in [0.1, 0.15) is 11.4 Å². The first-order chi connectivity index (χ1) is 18.4. The lowest BCUT2D eigenvalue weighted by Gasteiger charge is -2.25. The van der Waals surface area contributed by atoms with E-state index in [0.29, 0.717) is 11.3 Å². The van der Waals surface area contributed by atoms with Gasteiger partial charge >= 0.3 is 6.18 Å². The fourth-order valence-electron chi connectivity index (χ4n) is 3.91. The SMILES string of the molecule is Cn1ccc(-c2cc(C(=O)N/C(Nc3ccccc3)=C3\C=CC(C(C)(O)CO)=CC3=N)ccc2C(F)(F)F)n1. The number of aryl methyl sites for hydroxylation is 1. The molecule has 1 aromatic heterocycles. The summed E-state index contributed by atoms with van der Waals surface area (Å²) in [7, 11) is 1.58. The number of halogens is 3. The fraction of sp³-hybridized carbons (Fsp3) is 0.179. The average Bonchev–Trinajstić information content (AvgIpc) is 3.34. The second-order valence-electron chi connectivity index (χ2n) is 9.15. The van der Waals surface area contributed by atoms with Gasteiger partial charge in [0.05, 0.1) is 23.6 Å². The number of hydrogen-bond donors (Lipinski definition) is 5. The number of carbonyl (C=O) groups excluding carboxylic acids is 1. The molecule has 1 unspecified atom stereocenters. The van der Waals surface area contributed by atoms with Crippen molar-refractivity contribution < 1.29 is 28.2 Å². The number of aliphatic hydroxyl groups excluding tert-OH is 1. The van der Waals surface area contributed by atoms with Gasteiger partial charge < -0.3 is 26.3 Å². The Bertz CT molecular complexity index is 1500. The van der Waals surface area contributed by atoms with Crippen molar-refractivity contribution >= 4 is 17.3 Å². The minimum atomic E-state index is -4.66. The molecule has 0 bridgehead atoms. The third kappa shape index (κ3) is 6.16. The zero-order chi connectivity index (χ0) is 28.4. The fourth-order valence-corrected chi connectivity index (χ4v) is 3.91. The van der Waals surface area contributed by atoms with Crippen LogP contribution in [0.4, 0.5) is 18.9 Å². The minimum absolute atomic E-state index is 0.0534. The van der Waals surface area contributed by atoms with Crippen molar-refractivity contribution in [1.82, 2.24) is 15.1 Å².